The SMILES string of the molecule is CCCCC(CCSC)Nc1nc(N)nc(C)c1Cc1cc(Cc2nn[nH]n2)ccc1OC. The van der Waals surface area contributed by atoms with Gasteiger partial charge in [-0.2, -0.15) is 22.0 Å². The zero-order chi connectivity index (χ0) is 23.6. The van der Waals surface area contributed by atoms with Crippen LogP contribution in [0, 0.1) is 6.92 Å². The molecule has 1 unspecified atom stereocenters. The van der Waals surface area contributed by atoms with Crippen LogP contribution in [0.4, 0.5) is 11.8 Å². The van der Waals surface area contributed by atoms with Crippen molar-refractivity contribution in [3.05, 3.63) is 46.4 Å². The van der Waals surface area contributed by atoms with Crippen LogP contribution in [0.1, 0.15) is 60.8 Å². The Labute approximate surface area is 199 Å². The summed E-state index contributed by atoms with van der Waals surface area (Å²) in [5.74, 6) is 3.66. The summed E-state index contributed by atoms with van der Waals surface area (Å²) in [4.78, 5) is 9.05. The van der Waals surface area contributed by atoms with Crippen molar-refractivity contribution in [2.75, 3.05) is 30.2 Å². The summed E-state index contributed by atoms with van der Waals surface area (Å²) in [7, 11) is 1.69. The first kappa shape index (κ1) is 24.8. The Balaban J connectivity index is 1.90. The Kier molecular flexibility index (Phi) is 9.29. The third-order valence-corrected chi connectivity index (χ3v) is 6.26. The summed E-state index contributed by atoms with van der Waals surface area (Å²) in [6.07, 6.45) is 7.87. The smallest absolute Gasteiger partial charge is 0.222 e. The largest absolute Gasteiger partial charge is 0.496 e. The highest BCUT2D eigenvalue weighted by molar-refractivity contribution is 7.98. The third kappa shape index (κ3) is 7.05. The number of anilines is 2. The number of H-pyrrole nitrogens is 1. The van der Waals surface area contributed by atoms with E-state index < -0.39 is 0 Å². The Bertz CT molecular complexity index is 1000. The maximum atomic E-state index is 6.04. The average molecular weight is 471 g/mol. The quantitative estimate of drug-likeness (QED) is 0.342. The predicted molar refractivity (Wildman–Crippen MR) is 134 cm³/mol. The van der Waals surface area contributed by atoms with Gasteiger partial charge in [-0.15, -0.1) is 10.2 Å². The van der Waals surface area contributed by atoms with E-state index in [0.717, 1.165) is 52.5 Å². The minimum absolute atomic E-state index is 0.288. The molecule has 0 radical (unpaired) electrons. The number of benzene rings is 1. The van der Waals surface area contributed by atoms with Gasteiger partial charge in [-0.05, 0) is 49.0 Å². The maximum absolute atomic E-state index is 6.04. The number of thioether (sulfide) groups is 1. The summed E-state index contributed by atoms with van der Waals surface area (Å²) in [5, 5.41) is 18.0. The molecule has 178 valence electrons. The Hall–Kier alpha value is -2.88. The number of aromatic nitrogens is 6. The first-order valence-electron chi connectivity index (χ1n) is 11.3. The van der Waals surface area contributed by atoms with E-state index in [-0.39, 0.29) is 5.95 Å². The van der Waals surface area contributed by atoms with Crippen LogP contribution in [0.25, 0.3) is 0 Å². The first-order valence-corrected chi connectivity index (χ1v) is 12.7. The van der Waals surface area contributed by atoms with Gasteiger partial charge in [0.05, 0.1) is 7.11 Å². The summed E-state index contributed by atoms with van der Waals surface area (Å²) < 4.78 is 5.66. The lowest BCUT2D eigenvalue weighted by molar-refractivity contribution is 0.410. The highest BCUT2D eigenvalue weighted by atomic mass is 32.2. The fraction of sp³-hybridized carbons (Fsp3) is 0.522. The lowest BCUT2D eigenvalue weighted by Gasteiger charge is -2.22. The molecule has 2 aromatic heterocycles. The monoisotopic (exact) mass is 470 g/mol. The van der Waals surface area contributed by atoms with Crippen LogP contribution in [-0.4, -0.2) is 55.8 Å². The molecular formula is C23H34N8OS. The highest BCUT2D eigenvalue weighted by Crippen LogP contribution is 2.29. The van der Waals surface area contributed by atoms with E-state index in [4.69, 9.17) is 10.5 Å². The van der Waals surface area contributed by atoms with Gasteiger partial charge in [-0.25, -0.2) is 4.98 Å². The number of methoxy groups -OCH3 is 1. The molecule has 0 spiro atoms. The lowest BCUT2D eigenvalue weighted by Crippen LogP contribution is -2.23. The van der Waals surface area contributed by atoms with Gasteiger partial charge in [-0.3, -0.25) is 0 Å². The molecular weight excluding hydrogens is 436 g/mol. The van der Waals surface area contributed by atoms with Crippen LogP contribution in [-0.2, 0) is 12.8 Å². The number of unbranched alkanes of at least 4 members (excludes halogenated alkanes) is 1. The molecule has 9 nitrogen and oxygen atoms in total. The highest BCUT2D eigenvalue weighted by Gasteiger charge is 2.18. The van der Waals surface area contributed by atoms with E-state index in [9.17, 15) is 0 Å². The molecule has 0 aliphatic rings. The van der Waals surface area contributed by atoms with Crippen molar-refractivity contribution in [1.29, 1.82) is 0 Å². The number of rotatable bonds is 13. The second kappa shape index (κ2) is 12.4. The van der Waals surface area contributed by atoms with Crippen LogP contribution < -0.4 is 15.8 Å². The molecule has 1 aromatic carbocycles. The van der Waals surface area contributed by atoms with Crippen LogP contribution in [0.5, 0.6) is 5.75 Å². The summed E-state index contributed by atoms with van der Waals surface area (Å²) in [5.41, 5.74) is 10.1. The van der Waals surface area contributed by atoms with Crippen molar-refractivity contribution >= 4 is 23.5 Å². The minimum Gasteiger partial charge on any atom is -0.496 e. The molecule has 0 saturated heterocycles. The lowest BCUT2D eigenvalue weighted by atomic mass is 9.99. The number of nitrogen functional groups attached to an aromatic ring is 1. The molecule has 3 aromatic rings. The van der Waals surface area contributed by atoms with E-state index in [1.165, 1.54) is 12.8 Å². The number of nitrogens with one attached hydrogen (secondary N) is 2. The number of hydrogen-bond acceptors (Lipinski definition) is 9. The van der Waals surface area contributed by atoms with Gasteiger partial charge in [-0.1, -0.05) is 37.1 Å². The molecule has 1 atom stereocenters. The normalized spacial score (nSPS) is 12.0. The van der Waals surface area contributed by atoms with Crippen LogP contribution in [0.3, 0.4) is 0 Å². The van der Waals surface area contributed by atoms with Gasteiger partial charge >= 0.3 is 0 Å². The third-order valence-electron chi connectivity index (χ3n) is 5.61. The van der Waals surface area contributed by atoms with Crippen LogP contribution in [0.2, 0.25) is 0 Å². The molecule has 4 N–H and O–H groups in total. The number of nitrogens with zero attached hydrogens (tertiary/aromatic N) is 5. The molecule has 0 aliphatic heterocycles. The van der Waals surface area contributed by atoms with Crippen molar-refractivity contribution in [2.24, 2.45) is 0 Å². The van der Waals surface area contributed by atoms with Gasteiger partial charge in [0.1, 0.15) is 11.6 Å². The van der Waals surface area contributed by atoms with Crippen molar-refractivity contribution in [3.63, 3.8) is 0 Å². The number of aromatic amines is 1. The molecule has 33 heavy (non-hydrogen) atoms. The molecule has 0 bridgehead atoms. The van der Waals surface area contributed by atoms with E-state index in [2.05, 4.69) is 55.2 Å². The molecule has 0 amide bonds. The first-order chi connectivity index (χ1) is 16.0. The van der Waals surface area contributed by atoms with E-state index in [1.54, 1.807) is 7.11 Å². The Morgan fingerprint density at radius 2 is 2.06 bits per heavy atom. The summed E-state index contributed by atoms with van der Waals surface area (Å²) in [6.45, 7) is 4.20. The van der Waals surface area contributed by atoms with Gasteiger partial charge in [0.25, 0.3) is 0 Å². The van der Waals surface area contributed by atoms with E-state index in [1.807, 2.05) is 30.8 Å². The number of ether oxygens (including phenoxy) is 1. The average Bonchev–Trinajstić information content (AvgIpc) is 3.31. The topological polar surface area (TPSA) is 128 Å². The van der Waals surface area contributed by atoms with Gasteiger partial charge < -0.3 is 15.8 Å². The van der Waals surface area contributed by atoms with E-state index >= 15 is 0 Å². The van der Waals surface area contributed by atoms with Crippen molar-refractivity contribution < 1.29 is 4.74 Å². The summed E-state index contributed by atoms with van der Waals surface area (Å²) >= 11 is 1.86. The van der Waals surface area contributed by atoms with Crippen LogP contribution in [0.15, 0.2) is 18.2 Å². The second-order valence-electron chi connectivity index (χ2n) is 8.09. The van der Waals surface area contributed by atoms with Gasteiger partial charge in [0.15, 0.2) is 5.82 Å². The van der Waals surface area contributed by atoms with Crippen molar-refractivity contribution in [1.82, 2.24) is 30.6 Å². The number of tetrazole rings is 1. The predicted octanol–water partition coefficient (Wildman–Crippen LogP) is 3.79. The number of aryl methyl sites for hydroxylation is 1. The molecule has 0 aliphatic carbocycles. The zero-order valence-corrected chi connectivity index (χ0v) is 20.7. The standard InChI is InChI=1S/C23H34N8OS/c1-5-6-7-18(10-11-33-4)26-22-19(15(2)25-23(24)27-22)14-17-12-16(8-9-20(17)32-3)13-21-28-30-31-29-21/h8-9,12,18H,5-7,10-11,13-14H2,1-4H3,(H3,24,25,26,27)(H,28,29,30,31). The summed E-state index contributed by atoms with van der Waals surface area (Å²) in [6, 6.07) is 6.47. The van der Waals surface area contributed by atoms with Gasteiger partial charge in [0.2, 0.25) is 5.95 Å². The molecule has 3 rings (SSSR count). The molecule has 2 heterocycles. The fourth-order valence-electron chi connectivity index (χ4n) is 3.85. The molecule has 0 saturated carbocycles. The van der Waals surface area contributed by atoms with Crippen molar-refractivity contribution in [3.8, 4) is 5.75 Å². The number of nitrogens with two attached hydrogens (primary N) is 1. The van der Waals surface area contributed by atoms with Crippen LogP contribution >= 0.6 is 11.8 Å². The second-order valence-corrected chi connectivity index (χ2v) is 9.07. The molecule has 0 fully saturated rings. The number of hydrogen-bond donors (Lipinski definition) is 3. The van der Waals surface area contributed by atoms with Crippen molar-refractivity contribution in [2.45, 2.75) is 58.4 Å². The van der Waals surface area contributed by atoms with E-state index in [0.29, 0.717) is 24.7 Å². The zero-order valence-electron chi connectivity index (χ0n) is 19.9. The van der Waals surface area contributed by atoms with Gasteiger partial charge in [0, 0.05) is 30.1 Å². The molecule has 10 heteroatoms. The minimum atomic E-state index is 0.288. The fourth-order valence-corrected chi connectivity index (χ4v) is 4.37. The Morgan fingerprint density at radius 1 is 1.21 bits per heavy atom. The maximum Gasteiger partial charge on any atom is 0.222 e. The Morgan fingerprint density at radius 3 is 2.76 bits per heavy atom.